The largest absolute Gasteiger partial charge is 0.478 e. The lowest BCUT2D eigenvalue weighted by Gasteiger charge is -2.02. The highest BCUT2D eigenvalue weighted by Crippen LogP contribution is 2.30. The van der Waals surface area contributed by atoms with Crippen molar-refractivity contribution >= 4 is 29.8 Å². The molecule has 0 spiro atoms. The number of carboxylic acid groups (broad SMARTS) is 2. The molecule has 3 aromatic rings. The molecule has 2 N–H and O–H groups in total. The number of thioether (sulfide) groups is 1. The number of aromatic nitrogens is 2. The highest BCUT2D eigenvalue weighted by molar-refractivity contribution is 8.03. The van der Waals surface area contributed by atoms with Crippen LogP contribution in [0.2, 0.25) is 0 Å². The zero-order valence-electron chi connectivity index (χ0n) is 14.1. The van der Waals surface area contributed by atoms with Crippen molar-refractivity contribution in [2.75, 3.05) is 0 Å². The molecule has 9 heteroatoms. The van der Waals surface area contributed by atoms with Crippen molar-refractivity contribution in [1.29, 1.82) is 0 Å². The highest BCUT2D eigenvalue weighted by atomic mass is 32.2. The van der Waals surface area contributed by atoms with E-state index in [9.17, 15) is 19.8 Å². The summed E-state index contributed by atoms with van der Waals surface area (Å²) in [6.45, 7) is 1.84. The van der Waals surface area contributed by atoms with Crippen molar-refractivity contribution in [1.82, 2.24) is 10.2 Å². The number of aliphatic carboxylic acids is 1. The molecule has 0 amide bonds. The van der Waals surface area contributed by atoms with Gasteiger partial charge in [0.05, 0.1) is 5.56 Å². The predicted molar refractivity (Wildman–Crippen MR) is 96.2 cm³/mol. The molecule has 0 atom stereocenters. The van der Waals surface area contributed by atoms with Crippen LogP contribution in [0.4, 0.5) is 0 Å². The lowest BCUT2D eigenvalue weighted by molar-refractivity contribution is -0.131. The number of rotatable bonds is 7. The fourth-order valence-corrected chi connectivity index (χ4v) is 2.91. The lowest BCUT2D eigenvalue weighted by atomic mass is 10.1. The zero-order chi connectivity index (χ0) is 19.4. The topological polar surface area (TPSA) is 127 Å². The monoisotopic (exact) mass is 386 g/mol. The maximum Gasteiger partial charge on any atom is 0.342 e. The van der Waals surface area contributed by atoms with Gasteiger partial charge < -0.3 is 19.0 Å². The van der Waals surface area contributed by atoms with Crippen LogP contribution in [0.5, 0.6) is 0 Å². The maximum absolute atomic E-state index is 11.5. The van der Waals surface area contributed by atoms with E-state index in [0.717, 1.165) is 11.8 Å². The van der Waals surface area contributed by atoms with Gasteiger partial charge in [-0.25, -0.2) is 9.59 Å². The number of carbonyl (C=O) groups is 2. The molecule has 1 aromatic carbocycles. The zero-order valence-corrected chi connectivity index (χ0v) is 14.9. The Kier molecular flexibility index (Phi) is 5.41. The van der Waals surface area contributed by atoms with E-state index in [1.807, 2.05) is 6.92 Å². The fraction of sp³-hybridized carbons (Fsp3) is 0.111. The van der Waals surface area contributed by atoms with Gasteiger partial charge in [-0.2, -0.15) is 0 Å². The molecule has 0 aliphatic carbocycles. The van der Waals surface area contributed by atoms with Crippen molar-refractivity contribution in [3.05, 3.63) is 58.5 Å². The quantitative estimate of drug-likeness (QED) is 0.460. The Labute approximate surface area is 157 Å². The molecule has 0 fully saturated rings. The van der Waals surface area contributed by atoms with Gasteiger partial charge in [0, 0.05) is 18.1 Å². The fourth-order valence-electron chi connectivity index (χ4n) is 2.24. The summed E-state index contributed by atoms with van der Waals surface area (Å²) in [6.07, 6.45) is 1.86. The number of benzene rings is 1. The summed E-state index contributed by atoms with van der Waals surface area (Å²) in [4.78, 5) is 22.8. The van der Waals surface area contributed by atoms with Crippen LogP contribution in [0.3, 0.4) is 0 Å². The molecule has 2 heterocycles. The van der Waals surface area contributed by atoms with E-state index in [-0.39, 0.29) is 21.5 Å². The average Bonchev–Trinajstić information content (AvgIpc) is 3.30. The Bertz CT molecular complexity index is 1020. The molecule has 0 aliphatic rings. The molecule has 8 nitrogen and oxygen atoms in total. The number of carboxylic acids is 2. The third kappa shape index (κ3) is 4.26. The third-order valence-electron chi connectivity index (χ3n) is 3.48. The number of aryl methyl sites for hydroxylation is 1. The first-order valence-corrected chi connectivity index (χ1v) is 8.67. The minimum absolute atomic E-state index is 0.0753. The van der Waals surface area contributed by atoms with E-state index in [1.54, 1.807) is 30.3 Å². The molecule has 0 aliphatic heterocycles. The molecule has 0 saturated heterocycles. The smallest absolute Gasteiger partial charge is 0.342 e. The molecule has 138 valence electrons. The average molecular weight is 386 g/mol. The SMILES string of the molecule is CCc1nnc(S/C(=C/c2ccc(-c3ccccc3C(=O)O)o2)C(=O)O)o1. The standard InChI is InChI=1S/C18H14N2O6S/c1-2-15-19-20-18(26-15)27-14(17(23)24)9-10-7-8-13(25-10)11-5-3-4-6-12(11)16(21)22/h3-9H,2H2,1H3,(H,21,22)(H,23,24)/b14-9+. The van der Waals surface area contributed by atoms with E-state index in [2.05, 4.69) is 10.2 Å². The second-order valence-corrected chi connectivity index (χ2v) is 6.28. The number of hydrogen-bond acceptors (Lipinski definition) is 7. The van der Waals surface area contributed by atoms with Crippen LogP contribution in [-0.4, -0.2) is 32.3 Å². The van der Waals surface area contributed by atoms with Crippen LogP contribution in [0.15, 0.2) is 55.4 Å². The second kappa shape index (κ2) is 7.92. The van der Waals surface area contributed by atoms with Gasteiger partial charge >= 0.3 is 11.9 Å². The van der Waals surface area contributed by atoms with Gasteiger partial charge in [0.2, 0.25) is 5.89 Å². The van der Waals surface area contributed by atoms with E-state index in [0.29, 0.717) is 23.6 Å². The summed E-state index contributed by atoms with van der Waals surface area (Å²) in [5.74, 6) is -1.28. The molecule has 3 rings (SSSR count). The second-order valence-electron chi connectivity index (χ2n) is 5.28. The Morgan fingerprint density at radius 3 is 2.56 bits per heavy atom. The first kappa shape index (κ1) is 18.5. The first-order valence-electron chi connectivity index (χ1n) is 7.85. The Hall–Kier alpha value is -3.33. The molecule has 27 heavy (non-hydrogen) atoms. The van der Waals surface area contributed by atoms with Gasteiger partial charge in [-0.3, -0.25) is 0 Å². The first-order chi connectivity index (χ1) is 13.0. The Morgan fingerprint density at radius 1 is 1.11 bits per heavy atom. The van der Waals surface area contributed by atoms with Gasteiger partial charge in [-0.15, -0.1) is 10.2 Å². The van der Waals surface area contributed by atoms with Crippen LogP contribution in [-0.2, 0) is 11.2 Å². The lowest BCUT2D eigenvalue weighted by Crippen LogP contribution is -1.98. The van der Waals surface area contributed by atoms with Crippen LogP contribution < -0.4 is 0 Å². The highest BCUT2D eigenvalue weighted by Gasteiger charge is 2.17. The molecule has 0 saturated carbocycles. The number of nitrogens with zero attached hydrogens (tertiary/aromatic N) is 2. The Balaban J connectivity index is 1.90. The summed E-state index contributed by atoms with van der Waals surface area (Å²) in [5.41, 5.74) is 0.492. The molecule has 0 unspecified atom stereocenters. The van der Waals surface area contributed by atoms with Crippen molar-refractivity contribution < 1.29 is 28.6 Å². The summed E-state index contributed by atoms with van der Waals surface area (Å²) in [5, 5.41) is 26.4. The summed E-state index contributed by atoms with van der Waals surface area (Å²) in [7, 11) is 0. The van der Waals surface area contributed by atoms with Crippen molar-refractivity contribution in [2.45, 2.75) is 18.6 Å². The van der Waals surface area contributed by atoms with Gasteiger partial charge in [0.25, 0.3) is 5.22 Å². The van der Waals surface area contributed by atoms with Gasteiger partial charge in [-0.05, 0) is 30.0 Å². The third-order valence-corrected chi connectivity index (χ3v) is 4.33. The molecule has 0 bridgehead atoms. The van der Waals surface area contributed by atoms with Gasteiger partial charge in [0.1, 0.15) is 16.4 Å². The molecule has 2 aromatic heterocycles. The predicted octanol–water partition coefficient (Wildman–Crippen LogP) is 3.81. The number of aromatic carboxylic acids is 1. The molecular weight excluding hydrogens is 372 g/mol. The normalized spacial score (nSPS) is 11.5. The van der Waals surface area contributed by atoms with Gasteiger partial charge in [-0.1, -0.05) is 25.1 Å². The molecule has 0 radical (unpaired) electrons. The minimum Gasteiger partial charge on any atom is -0.478 e. The Morgan fingerprint density at radius 2 is 1.89 bits per heavy atom. The van der Waals surface area contributed by atoms with Crippen LogP contribution in [0.25, 0.3) is 17.4 Å². The van der Waals surface area contributed by atoms with Crippen molar-refractivity contribution in [3.8, 4) is 11.3 Å². The van der Waals surface area contributed by atoms with Crippen molar-refractivity contribution in [2.24, 2.45) is 0 Å². The van der Waals surface area contributed by atoms with E-state index in [4.69, 9.17) is 8.83 Å². The number of hydrogen-bond donors (Lipinski definition) is 2. The van der Waals surface area contributed by atoms with E-state index in [1.165, 1.54) is 12.1 Å². The number of furan rings is 1. The maximum atomic E-state index is 11.5. The summed E-state index contributed by atoms with van der Waals surface area (Å²) >= 11 is 0.808. The van der Waals surface area contributed by atoms with E-state index >= 15 is 0 Å². The van der Waals surface area contributed by atoms with E-state index < -0.39 is 11.9 Å². The summed E-state index contributed by atoms with van der Waals surface area (Å²) in [6, 6.07) is 9.54. The minimum atomic E-state index is -1.18. The van der Waals surface area contributed by atoms with Crippen LogP contribution in [0.1, 0.15) is 28.9 Å². The molecular formula is C18H14N2O6S. The van der Waals surface area contributed by atoms with Crippen LogP contribution in [0, 0.1) is 0 Å². The van der Waals surface area contributed by atoms with Crippen LogP contribution >= 0.6 is 11.8 Å². The summed E-state index contributed by atoms with van der Waals surface area (Å²) < 4.78 is 10.9. The van der Waals surface area contributed by atoms with Gasteiger partial charge in [0.15, 0.2) is 0 Å². The van der Waals surface area contributed by atoms with Crippen molar-refractivity contribution in [3.63, 3.8) is 0 Å².